The normalized spacial score (nSPS) is 22.7. The first-order valence-electron chi connectivity index (χ1n) is 6.77. The molecule has 1 rings (SSSR count). The molecule has 110 valence electrons. The minimum atomic E-state index is -0.981. The van der Waals surface area contributed by atoms with Crippen molar-refractivity contribution >= 4 is 11.9 Å². The third kappa shape index (κ3) is 4.80. The molecular formula is C13H24N2O4. The lowest BCUT2D eigenvalue weighted by molar-refractivity contribution is -0.154. The first-order valence-corrected chi connectivity index (χ1v) is 6.77. The van der Waals surface area contributed by atoms with Crippen molar-refractivity contribution in [3.05, 3.63) is 0 Å². The number of carbonyl (C=O) groups excluding carboxylic acids is 1. The monoisotopic (exact) mass is 272 g/mol. The van der Waals surface area contributed by atoms with Crippen molar-refractivity contribution in [2.75, 3.05) is 33.7 Å². The zero-order valence-corrected chi connectivity index (χ0v) is 12.0. The van der Waals surface area contributed by atoms with E-state index in [1.54, 1.807) is 4.90 Å². The first kappa shape index (κ1) is 15.9. The summed E-state index contributed by atoms with van der Waals surface area (Å²) >= 11 is 0. The fourth-order valence-corrected chi connectivity index (χ4v) is 2.13. The summed E-state index contributed by atoms with van der Waals surface area (Å²) in [4.78, 5) is 26.9. The average molecular weight is 272 g/mol. The Morgan fingerprint density at radius 1 is 1.16 bits per heavy atom. The number of likely N-dealkylation sites (N-methyl/N-ethyl adjacent to an activating group) is 1. The molecule has 0 radical (unpaired) electrons. The number of aliphatic carboxylic acids is 1. The zero-order chi connectivity index (χ0) is 14.4. The number of ether oxygens (including phenoxy) is 1. The molecule has 0 spiro atoms. The van der Waals surface area contributed by atoms with E-state index in [1.807, 2.05) is 25.9 Å². The van der Waals surface area contributed by atoms with Gasteiger partial charge in [-0.15, -0.1) is 0 Å². The molecule has 1 amide bonds. The predicted octanol–water partition coefficient (Wildman–Crippen LogP) is 0.419. The molecule has 0 aliphatic carbocycles. The highest BCUT2D eigenvalue weighted by atomic mass is 16.5. The van der Waals surface area contributed by atoms with Crippen LogP contribution in [-0.4, -0.2) is 72.7 Å². The van der Waals surface area contributed by atoms with Crippen LogP contribution in [0.25, 0.3) is 0 Å². The summed E-state index contributed by atoms with van der Waals surface area (Å²) < 4.78 is 5.31. The van der Waals surface area contributed by atoms with E-state index < -0.39 is 18.2 Å². The smallest absolute Gasteiger partial charge is 0.332 e. The maximum Gasteiger partial charge on any atom is 0.332 e. The van der Waals surface area contributed by atoms with Crippen LogP contribution in [0.15, 0.2) is 0 Å². The topological polar surface area (TPSA) is 70.1 Å². The Kier molecular flexibility index (Phi) is 6.24. The highest BCUT2D eigenvalue weighted by Gasteiger charge is 2.36. The molecule has 1 aliphatic heterocycles. The predicted molar refractivity (Wildman–Crippen MR) is 71.0 cm³/mol. The van der Waals surface area contributed by atoms with Crippen molar-refractivity contribution in [3.8, 4) is 0 Å². The van der Waals surface area contributed by atoms with Crippen molar-refractivity contribution in [2.24, 2.45) is 0 Å². The van der Waals surface area contributed by atoms with E-state index in [9.17, 15) is 9.59 Å². The fourth-order valence-electron chi connectivity index (χ4n) is 2.13. The van der Waals surface area contributed by atoms with Crippen molar-refractivity contribution in [2.45, 2.75) is 38.4 Å². The van der Waals surface area contributed by atoms with Gasteiger partial charge in [-0.1, -0.05) is 6.92 Å². The van der Waals surface area contributed by atoms with Gasteiger partial charge in [-0.2, -0.15) is 0 Å². The number of carbonyl (C=O) groups is 2. The Morgan fingerprint density at radius 3 is 2.26 bits per heavy atom. The van der Waals surface area contributed by atoms with E-state index in [-0.39, 0.29) is 5.91 Å². The molecule has 6 nitrogen and oxygen atoms in total. The van der Waals surface area contributed by atoms with E-state index in [4.69, 9.17) is 9.84 Å². The summed E-state index contributed by atoms with van der Waals surface area (Å²) in [6.45, 7) is 4.15. The molecule has 1 saturated heterocycles. The number of carboxylic acid groups (broad SMARTS) is 1. The Balaban J connectivity index is 2.54. The quantitative estimate of drug-likeness (QED) is 0.727. The summed E-state index contributed by atoms with van der Waals surface area (Å²) in [5.74, 6) is -1.06. The van der Waals surface area contributed by atoms with Gasteiger partial charge < -0.3 is 19.6 Å². The lowest BCUT2D eigenvalue weighted by atomic mass is 10.1. The molecule has 1 aliphatic rings. The Bertz CT molecular complexity index is 320. The number of nitrogens with zero attached hydrogens (tertiary/aromatic N) is 2. The molecule has 0 aromatic carbocycles. The molecule has 1 N–H and O–H groups in total. The minimum Gasteiger partial charge on any atom is -0.479 e. The van der Waals surface area contributed by atoms with E-state index in [1.165, 1.54) is 0 Å². The van der Waals surface area contributed by atoms with Crippen LogP contribution in [0.2, 0.25) is 0 Å². The molecule has 0 saturated carbocycles. The van der Waals surface area contributed by atoms with Gasteiger partial charge in [0.15, 0.2) is 6.10 Å². The van der Waals surface area contributed by atoms with Gasteiger partial charge in [-0.3, -0.25) is 4.79 Å². The minimum absolute atomic E-state index is 0.0764. The summed E-state index contributed by atoms with van der Waals surface area (Å²) in [6, 6.07) is 0. The first-order chi connectivity index (χ1) is 8.95. The lowest BCUT2D eigenvalue weighted by Gasteiger charge is -2.26. The molecule has 0 bridgehead atoms. The van der Waals surface area contributed by atoms with Crippen LogP contribution in [-0.2, 0) is 14.3 Å². The van der Waals surface area contributed by atoms with Crippen LogP contribution in [0.3, 0.4) is 0 Å². The second-order valence-corrected chi connectivity index (χ2v) is 5.16. The molecule has 2 unspecified atom stereocenters. The fraction of sp³-hybridized carbons (Fsp3) is 0.846. The van der Waals surface area contributed by atoms with E-state index in [0.29, 0.717) is 25.9 Å². The molecule has 6 heteroatoms. The van der Waals surface area contributed by atoms with E-state index >= 15 is 0 Å². The summed E-state index contributed by atoms with van der Waals surface area (Å²) in [6.07, 6.45) is 0.382. The number of amides is 1. The second-order valence-electron chi connectivity index (χ2n) is 5.16. The van der Waals surface area contributed by atoms with E-state index in [0.717, 1.165) is 13.0 Å². The summed E-state index contributed by atoms with van der Waals surface area (Å²) in [5.41, 5.74) is 0. The summed E-state index contributed by atoms with van der Waals surface area (Å²) in [5, 5.41) is 8.87. The standard InChI is InChI=1S/C13H24N2O4/c1-4-7-15(9-8-14(2)3)12(16)10-5-6-11(19-10)13(17)18/h10-11H,4-9H2,1-3H3,(H,17,18). The van der Waals surface area contributed by atoms with Crippen molar-refractivity contribution in [3.63, 3.8) is 0 Å². The lowest BCUT2D eigenvalue weighted by Crippen LogP contribution is -2.43. The Hall–Kier alpha value is -1.14. The van der Waals surface area contributed by atoms with Gasteiger partial charge in [0.1, 0.15) is 6.10 Å². The number of rotatable bonds is 7. The van der Waals surface area contributed by atoms with Crippen molar-refractivity contribution in [1.29, 1.82) is 0 Å². The van der Waals surface area contributed by atoms with Gasteiger partial charge in [-0.05, 0) is 33.4 Å². The highest BCUT2D eigenvalue weighted by Crippen LogP contribution is 2.21. The molecule has 1 fully saturated rings. The summed E-state index contributed by atoms with van der Waals surface area (Å²) in [7, 11) is 3.92. The average Bonchev–Trinajstić information content (AvgIpc) is 2.83. The molecule has 0 aromatic heterocycles. The van der Waals surface area contributed by atoms with Gasteiger partial charge in [0, 0.05) is 19.6 Å². The van der Waals surface area contributed by atoms with E-state index in [2.05, 4.69) is 0 Å². The molecule has 0 aromatic rings. The number of carboxylic acids is 1. The molecule has 1 heterocycles. The van der Waals surface area contributed by atoms with Crippen LogP contribution in [0.5, 0.6) is 0 Å². The van der Waals surface area contributed by atoms with Crippen LogP contribution >= 0.6 is 0 Å². The van der Waals surface area contributed by atoms with Crippen LogP contribution in [0.1, 0.15) is 26.2 Å². The third-order valence-electron chi connectivity index (χ3n) is 3.19. The van der Waals surface area contributed by atoms with Crippen molar-refractivity contribution in [1.82, 2.24) is 9.80 Å². The largest absolute Gasteiger partial charge is 0.479 e. The SMILES string of the molecule is CCCN(CCN(C)C)C(=O)C1CCC(C(=O)O)O1. The van der Waals surface area contributed by atoms with Crippen molar-refractivity contribution < 1.29 is 19.4 Å². The van der Waals surface area contributed by atoms with Gasteiger partial charge in [0.05, 0.1) is 0 Å². The van der Waals surface area contributed by atoms with Gasteiger partial charge in [0.2, 0.25) is 0 Å². The Morgan fingerprint density at radius 2 is 1.79 bits per heavy atom. The van der Waals surface area contributed by atoms with Crippen LogP contribution in [0.4, 0.5) is 0 Å². The van der Waals surface area contributed by atoms with Gasteiger partial charge >= 0.3 is 5.97 Å². The third-order valence-corrected chi connectivity index (χ3v) is 3.19. The maximum atomic E-state index is 12.3. The van der Waals surface area contributed by atoms with Crippen LogP contribution in [0, 0.1) is 0 Å². The Labute approximate surface area is 114 Å². The molecule has 2 atom stereocenters. The van der Waals surface area contributed by atoms with Crippen LogP contribution < -0.4 is 0 Å². The highest BCUT2D eigenvalue weighted by molar-refractivity contribution is 5.82. The number of hydrogen-bond donors (Lipinski definition) is 1. The zero-order valence-electron chi connectivity index (χ0n) is 12.0. The second kappa shape index (κ2) is 7.45. The van der Waals surface area contributed by atoms with Gasteiger partial charge in [-0.25, -0.2) is 4.79 Å². The molecule has 19 heavy (non-hydrogen) atoms. The number of hydrogen-bond acceptors (Lipinski definition) is 4. The molecular weight excluding hydrogens is 248 g/mol. The van der Waals surface area contributed by atoms with Gasteiger partial charge in [0.25, 0.3) is 5.91 Å². The maximum absolute atomic E-state index is 12.3.